The molecule has 35 heavy (non-hydrogen) atoms. The normalized spacial score (nSPS) is 12.1. The van der Waals surface area contributed by atoms with Crippen LogP contribution < -0.4 is 9.74 Å². The van der Waals surface area contributed by atoms with Gasteiger partial charge in [-0.05, 0) is 59.8 Å². The summed E-state index contributed by atoms with van der Waals surface area (Å²) < 4.78 is 34.3. The Morgan fingerprint density at radius 1 is 0.914 bits per heavy atom. The van der Waals surface area contributed by atoms with Gasteiger partial charge in [0.05, 0.1) is 11.8 Å². The van der Waals surface area contributed by atoms with E-state index in [0.29, 0.717) is 22.6 Å². The Morgan fingerprint density at radius 3 is 1.97 bits per heavy atom. The van der Waals surface area contributed by atoms with Gasteiger partial charge >= 0.3 is 10.1 Å². The van der Waals surface area contributed by atoms with Crippen molar-refractivity contribution in [2.75, 3.05) is 6.26 Å². The first-order valence-corrected chi connectivity index (χ1v) is 14.4. The third kappa shape index (κ3) is 5.64. The summed E-state index contributed by atoms with van der Waals surface area (Å²) >= 11 is 1.52. The fraction of sp³-hybridized carbons (Fsp3) is 0.407. The van der Waals surface area contributed by atoms with Crippen molar-refractivity contribution in [3.8, 4) is 11.6 Å². The van der Waals surface area contributed by atoms with Crippen LogP contribution in [-0.2, 0) is 10.1 Å². The molecule has 6 nitrogen and oxygen atoms in total. The third-order valence-electron chi connectivity index (χ3n) is 5.91. The maximum absolute atomic E-state index is 13.6. The van der Waals surface area contributed by atoms with Crippen LogP contribution in [0.2, 0.25) is 0 Å². The molecular weight excluding hydrogens is 480 g/mol. The van der Waals surface area contributed by atoms with E-state index < -0.39 is 15.7 Å². The van der Waals surface area contributed by atoms with E-state index in [-0.39, 0.29) is 28.5 Å². The van der Waals surface area contributed by atoms with Crippen molar-refractivity contribution in [3.63, 3.8) is 0 Å². The average Bonchev–Trinajstić information content (AvgIpc) is 2.77. The fourth-order valence-electron chi connectivity index (χ4n) is 4.05. The zero-order valence-electron chi connectivity index (χ0n) is 21.6. The van der Waals surface area contributed by atoms with E-state index >= 15 is 0 Å². The summed E-state index contributed by atoms with van der Waals surface area (Å²) in [5.41, 5.74) is 2.78. The van der Waals surface area contributed by atoms with Gasteiger partial charge in [0.15, 0.2) is 0 Å². The summed E-state index contributed by atoms with van der Waals surface area (Å²) in [7, 11) is -4.25. The first-order valence-electron chi connectivity index (χ1n) is 11.7. The average molecular weight is 515 g/mol. The molecule has 0 saturated heterocycles. The summed E-state index contributed by atoms with van der Waals surface area (Å²) in [6.07, 6.45) is 1.93. The van der Waals surface area contributed by atoms with E-state index in [1.807, 2.05) is 70.3 Å². The summed E-state index contributed by atoms with van der Waals surface area (Å²) in [5.74, 6) is 0.287. The van der Waals surface area contributed by atoms with Gasteiger partial charge in [0.25, 0.3) is 5.56 Å². The smallest absolute Gasteiger partial charge is 0.341 e. The Bertz CT molecular complexity index is 1360. The molecule has 3 aromatic rings. The van der Waals surface area contributed by atoms with Crippen LogP contribution in [0.4, 0.5) is 0 Å². The van der Waals surface area contributed by atoms with E-state index in [9.17, 15) is 13.2 Å². The topological polar surface area (TPSA) is 78.3 Å². The maximum atomic E-state index is 13.6. The monoisotopic (exact) mass is 514 g/mol. The van der Waals surface area contributed by atoms with Gasteiger partial charge in [0.1, 0.15) is 10.7 Å². The van der Waals surface area contributed by atoms with Crippen LogP contribution in [0.5, 0.6) is 5.88 Å². The highest BCUT2D eigenvalue weighted by Gasteiger charge is 2.29. The molecule has 0 fully saturated rings. The number of hydrogen-bond acceptors (Lipinski definition) is 6. The number of nitrogens with zero attached hydrogens (tertiary/aromatic N) is 2. The van der Waals surface area contributed by atoms with Crippen molar-refractivity contribution in [2.24, 2.45) is 0 Å². The van der Waals surface area contributed by atoms with Crippen molar-refractivity contribution < 1.29 is 12.6 Å². The number of rotatable bonds is 8. The SMILES string of the molecule is CSc1ccccc1-n1c(C)nc(OS(=O)(=O)c2c(C(C)C)cc(C(C)C)cc2C(C)C)cc1=O. The molecule has 0 aliphatic carbocycles. The summed E-state index contributed by atoms with van der Waals surface area (Å²) in [5, 5.41) is 0. The molecule has 2 aromatic carbocycles. The lowest BCUT2D eigenvalue weighted by Crippen LogP contribution is -2.24. The number of thioether (sulfide) groups is 1. The van der Waals surface area contributed by atoms with Crippen LogP contribution in [0.1, 0.15) is 81.8 Å². The van der Waals surface area contributed by atoms with E-state index in [0.717, 1.165) is 16.5 Å². The third-order valence-corrected chi connectivity index (χ3v) is 8.06. The second-order valence-corrected chi connectivity index (χ2v) is 11.8. The van der Waals surface area contributed by atoms with Crippen LogP contribution in [-0.4, -0.2) is 24.2 Å². The Hall–Kier alpha value is -2.58. The van der Waals surface area contributed by atoms with Crippen LogP contribution in [0.15, 0.2) is 57.1 Å². The summed E-state index contributed by atoms with van der Waals surface area (Å²) in [6.45, 7) is 13.7. The Morgan fingerprint density at radius 2 is 1.49 bits per heavy atom. The number of benzene rings is 2. The van der Waals surface area contributed by atoms with Gasteiger partial charge in [0.2, 0.25) is 5.88 Å². The highest BCUT2D eigenvalue weighted by molar-refractivity contribution is 7.98. The van der Waals surface area contributed by atoms with Crippen molar-refractivity contribution in [3.05, 3.63) is 75.3 Å². The standard InChI is InChI=1S/C27H34N2O4S2/c1-16(2)20-13-21(17(3)4)27(22(14-20)18(5)6)35(31,32)33-25-15-26(30)29(19(7)28-25)23-11-9-10-12-24(23)34-8/h9-18H,1-8H3. The lowest BCUT2D eigenvalue weighted by Gasteiger charge is -2.22. The van der Waals surface area contributed by atoms with Gasteiger partial charge in [-0.25, -0.2) is 0 Å². The molecule has 0 amide bonds. The first-order chi connectivity index (χ1) is 16.4. The van der Waals surface area contributed by atoms with Crippen molar-refractivity contribution >= 4 is 21.9 Å². The molecule has 0 bridgehead atoms. The minimum atomic E-state index is -4.25. The largest absolute Gasteiger partial charge is 0.358 e. The molecule has 0 aliphatic heterocycles. The predicted molar refractivity (Wildman–Crippen MR) is 143 cm³/mol. The molecule has 3 rings (SSSR count). The molecule has 188 valence electrons. The number of hydrogen-bond donors (Lipinski definition) is 0. The van der Waals surface area contributed by atoms with E-state index in [1.165, 1.54) is 16.3 Å². The van der Waals surface area contributed by atoms with Crippen molar-refractivity contribution in [1.29, 1.82) is 0 Å². The zero-order chi connectivity index (χ0) is 26.1. The predicted octanol–water partition coefficient (Wildman–Crippen LogP) is 6.40. The molecule has 0 radical (unpaired) electrons. The molecule has 1 aromatic heterocycles. The van der Waals surface area contributed by atoms with E-state index in [4.69, 9.17) is 4.18 Å². The van der Waals surface area contributed by atoms with Crippen molar-refractivity contribution in [1.82, 2.24) is 9.55 Å². The number of aryl methyl sites for hydroxylation is 1. The van der Waals surface area contributed by atoms with Gasteiger partial charge in [-0.15, -0.1) is 11.8 Å². The maximum Gasteiger partial charge on any atom is 0.341 e. The van der Waals surface area contributed by atoms with Gasteiger partial charge in [-0.2, -0.15) is 13.4 Å². The molecule has 8 heteroatoms. The Kier molecular flexibility index (Phi) is 8.17. The quantitative estimate of drug-likeness (QED) is 0.256. The van der Waals surface area contributed by atoms with Crippen LogP contribution >= 0.6 is 11.8 Å². The molecule has 0 atom stereocenters. The lowest BCUT2D eigenvalue weighted by atomic mass is 9.89. The molecule has 1 heterocycles. The van der Waals surface area contributed by atoms with Crippen LogP contribution in [0, 0.1) is 6.92 Å². The molecule has 0 saturated carbocycles. The van der Waals surface area contributed by atoms with Gasteiger partial charge in [0, 0.05) is 4.90 Å². The van der Waals surface area contributed by atoms with E-state index in [2.05, 4.69) is 18.8 Å². The Labute approximate surface area is 212 Å². The minimum absolute atomic E-state index is 0.0367. The second-order valence-electron chi connectivity index (χ2n) is 9.52. The van der Waals surface area contributed by atoms with Gasteiger partial charge < -0.3 is 4.18 Å². The second kappa shape index (κ2) is 10.6. The molecule has 0 aliphatic rings. The number of aromatic nitrogens is 2. The lowest BCUT2D eigenvalue weighted by molar-refractivity contribution is 0.469. The minimum Gasteiger partial charge on any atom is -0.358 e. The summed E-state index contributed by atoms with van der Waals surface area (Å²) in [4.78, 5) is 18.5. The van der Waals surface area contributed by atoms with Gasteiger partial charge in [-0.1, -0.05) is 65.8 Å². The highest BCUT2D eigenvalue weighted by atomic mass is 32.2. The summed E-state index contributed by atoms with van der Waals surface area (Å²) in [6, 6.07) is 12.5. The van der Waals surface area contributed by atoms with Crippen molar-refractivity contribution in [2.45, 2.75) is 76.0 Å². The van der Waals surface area contributed by atoms with E-state index in [1.54, 1.807) is 6.92 Å². The van der Waals surface area contributed by atoms with Gasteiger partial charge in [-0.3, -0.25) is 9.36 Å². The molecule has 0 unspecified atom stereocenters. The van der Waals surface area contributed by atoms with Crippen LogP contribution in [0.25, 0.3) is 5.69 Å². The molecular formula is C27H34N2O4S2. The van der Waals surface area contributed by atoms with Crippen LogP contribution in [0.3, 0.4) is 0 Å². The number of para-hydroxylation sites is 1. The zero-order valence-corrected chi connectivity index (χ0v) is 23.3. The molecule has 0 spiro atoms. The highest BCUT2D eigenvalue weighted by Crippen LogP contribution is 2.36. The molecule has 0 N–H and O–H groups in total. The fourth-order valence-corrected chi connectivity index (χ4v) is 6.20. The first kappa shape index (κ1) is 27.0. The Balaban J connectivity index is 2.14.